The summed E-state index contributed by atoms with van der Waals surface area (Å²) in [6.07, 6.45) is 2.15. The standard InChI is InChI=1S/C20H29BrN2O3/c1-5-22(14-15-9-11-16(21)12-10-15)18(24)17-8-6-7-13-23(17)19(25)26-20(2,3)4/h9-12,17H,5-8,13-14H2,1-4H3/t17-/m0/s1. The highest BCUT2D eigenvalue weighted by molar-refractivity contribution is 9.10. The molecule has 0 saturated carbocycles. The monoisotopic (exact) mass is 424 g/mol. The minimum absolute atomic E-state index is 0.000905. The summed E-state index contributed by atoms with van der Waals surface area (Å²) in [4.78, 5) is 29.1. The topological polar surface area (TPSA) is 49.9 Å². The number of nitrogens with zero attached hydrogens (tertiary/aromatic N) is 2. The van der Waals surface area contributed by atoms with E-state index in [1.54, 1.807) is 4.90 Å². The number of halogens is 1. The Kier molecular flexibility index (Phi) is 7.09. The molecule has 1 fully saturated rings. The summed E-state index contributed by atoms with van der Waals surface area (Å²) in [6, 6.07) is 7.52. The average Bonchev–Trinajstić information content (AvgIpc) is 2.59. The van der Waals surface area contributed by atoms with E-state index in [0.29, 0.717) is 26.1 Å². The fraction of sp³-hybridized carbons (Fsp3) is 0.600. The Morgan fingerprint density at radius 3 is 2.46 bits per heavy atom. The number of rotatable bonds is 4. The number of piperidine rings is 1. The van der Waals surface area contributed by atoms with E-state index in [2.05, 4.69) is 15.9 Å². The lowest BCUT2D eigenvalue weighted by molar-refractivity contribution is -0.138. The Hall–Kier alpha value is -1.56. The zero-order valence-electron chi connectivity index (χ0n) is 16.1. The maximum Gasteiger partial charge on any atom is 0.410 e. The van der Waals surface area contributed by atoms with E-state index < -0.39 is 17.7 Å². The average molecular weight is 425 g/mol. The molecule has 1 atom stereocenters. The van der Waals surface area contributed by atoms with Crippen molar-refractivity contribution < 1.29 is 14.3 Å². The summed E-state index contributed by atoms with van der Waals surface area (Å²) in [7, 11) is 0. The number of benzene rings is 1. The van der Waals surface area contributed by atoms with Crippen LogP contribution in [0.3, 0.4) is 0 Å². The van der Waals surface area contributed by atoms with Crippen LogP contribution < -0.4 is 0 Å². The van der Waals surface area contributed by atoms with Crippen molar-refractivity contribution in [1.82, 2.24) is 9.80 Å². The first-order valence-corrected chi connectivity index (χ1v) is 10.0. The minimum Gasteiger partial charge on any atom is -0.444 e. The summed E-state index contributed by atoms with van der Waals surface area (Å²) in [5, 5.41) is 0. The lowest BCUT2D eigenvalue weighted by atomic mass is 10.0. The summed E-state index contributed by atoms with van der Waals surface area (Å²) in [6.45, 7) is 9.22. The SMILES string of the molecule is CCN(Cc1ccc(Br)cc1)C(=O)[C@@H]1CCCCN1C(=O)OC(C)(C)C. The Morgan fingerprint density at radius 2 is 1.88 bits per heavy atom. The first kappa shape index (κ1) is 20.7. The third kappa shape index (κ3) is 5.73. The zero-order valence-corrected chi connectivity index (χ0v) is 17.7. The molecule has 26 heavy (non-hydrogen) atoms. The molecule has 0 N–H and O–H groups in total. The van der Waals surface area contributed by atoms with Crippen LogP contribution in [0.5, 0.6) is 0 Å². The van der Waals surface area contributed by atoms with Gasteiger partial charge in [-0.25, -0.2) is 4.79 Å². The number of likely N-dealkylation sites (N-methyl/N-ethyl adjacent to an activating group) is 1. The number of hydrogen-bond acceptors (Lipinski definition) is 3. The van der Waals surface area contributed by atoms with Gasteiger partial charge in [0.15, 0.2) is 0 Å². The van der Waals surface area contributed by atoms with Crippen LogP contribution in [0.2, 0.25) is 0 Å². The molecule has 0 bridgehead atoms. The molecule has 0 aromatic heterocycles. The van der Waals surface area contributed by atoms with E-state index >= 15 is 0 Å². The van der Waals surface area contributed by atoms with Crippen LogP contribution in [-0.2, 0) is 16.1 Å². The van der Waals surface area contributed by atoms with Crippen LogP contribution >= 0.6 is 15.9 Å². The lowest BCUT2D eigenvalue weighted by Gasteiger charge is -2.38. The molecule has 1 aliphatic rings. The molecule has 144 valence electrons. The predicted molar refractivity (Wildman–Crippen MR) is 106 cm³/mol. The first-order valence-electron chi connectivity index (χ1n) is 9.24. The van der Waals surface area contributed by atoms with Gasteiger partial charge in [0.2, 0.25) is 5.91 Å². The van der Waals surface area contributed by atoms with Gasteiger partial charge in [0, 0.05) is 24.1 Å². The highest BCUT2D eigenvalue weighted by Crippen LogP contribution is 2.23. The minimum atomic E-state index is -0.565. The van der Waals surface area contributed by atoms with Gasteiger partial charge >= 0.3 is 6.09 Å². The highest BCUT2D eigenvalue weighted by atomic mass is 79.9. The van der Waals surface area contributed by atoms with Crippen molar-refractivity contribution in [1.29, 1.82) is 0 Å². The van der Waals surface area contributed by atoms with E-state index in [9.17, 15) is 9.59 Å². The molecule has 1 heterocycles. The summed E-state index contributed by atoms with van der Waals surface area (Å²) in [5.41, 5.74) is 0.507. The second-order valence-electron chi connectivity index (χ2n) is 7.66. The van der Waals surface area contributed by atoms with E-state index in [1.165, 1.54) is 0 Å². The Balaban J connectivity index is 2.11. The second-order valence-corrected chi connectivity index (χ2v) is 8.58. The molecule has 0 spiro atoms. The largest absolute Gasteiger partial charge is 0.444 e. The molecule has 0 aliphatic carbocycles. The Morgan fingerprint density at radius 1 is 1.23 bits per heavy atom. The maximum atomic E-state index is 13.1. The van der Waals surface area contributed by atoms with Crippen LogP contribution in [0, 0.1) is 0 Å². The van der Waals surface area contributed by atoms with Crippen LogP contribution in [-0.4, -0.2) is 46.5 Å². The van der Waals surface area contributed by atoms with Crippen molar-refractivity contribution in [2.45, 2.75) is 65.1 Å². The molecule has 6 heteroatoms. The lowest BCUT2D eigenvalue weighted by Crippen LogP contribution is -2.53. The molecular weight excluding hydrogens is 396 g/mol. The highest BCUT2D eigenvalue weighted by Gasteiger charge is 2.36. The number of amides is 2. The van der Waals surface area contributed by atoms with Gasteiger partial charge in [0.25, 0.3) is 0 Å². The molecular formula is C20H29BrN2O3. The van der Waals surface area contributed by atoms with Gasteiger partial charge in [-0.15, -0.1) is 0 Å². The first-order chi connectivity index (χ1) is 12.2. The second kappa shape index (κ2) is 8.89. The summed E-state index contributed by atoms with van der Waals surface area (Å²) >= 11 is 3.43. The molecule has 2 amide bonds. The summed E-state index contributed by atoms with van der Waals surface area (Å²) < 4.78 is 6.53. The van der Waals surface area contributed by atoms with E-state index in [0.717, 1.165) is 22.9 Å². The molecule has 1 aliphatic heterocycles. The third-order valence-electron chi connectivity index (χ3n) is 4.40. The van der Waals surface area contributed by atoms with Gasteiger partial charge in [-0.3, -0.25) is 9.69 Å². The maximum absolute atomic E-state index is 13.1. The number of carbonyl (C=O) groups excluding carboxylic acids is 2. The van der Waals surface area contributed by atoms with Crippen molar-refractivity contribution in [3.05, 3.63) is 34.3 Å². The van der Waals surface area contributed by atoms with Crippen molar-refractivity contribution >= 4 is 27.9 Å². The van der Waals surface area contributed by atoms with Crippen molar-refractivity contribution in [3.63, 3.8) is 0 Å². The van der Waals surface area contributed by atoms with E-state index in [4.69, 9.17) is 4.74 Å². The van der Waals surface area contributed by atoms with E-state index in [-0.39, 0.29) is 5.91 Å². The van der Waals surface area contributed by atoms with Gasteiger partial charge in [-0.05, 0) is 64.7 Å². The zero-order chi connectivity index (χ0) is 19.3. The third-order valence-corrected chi connectivity index (χ3v) is 4.92. The Bertz CT molecular complexity index is 625. The van der Waals surface area contributed by atoms with Crippen LogP contribution in [0.4, 0.5) is 4.79 Å². The smallest absolute Gasteiger partial charge is 0.410 e. The molecule has 2 rings (SSSR count). The van der Waals surface area contributed by atoms with Gasteiger partial charge in [0.1, 0.15) is 11.6 Å². The van der Waals surface area contributed by atoms with Crippen molar-refractivity contribution in [3.8, 4) is 0 Å². The predicted octanol–water partition coefficient (Wildman–Crippen LogP) is 4.59. The van der Waals surface area contributed by atoms with Gasteiger partial charge in [-0.2, -0.15) is 0 Å². The number of hydrogen-bond donors (Lipinski definition) is 0. The molecule has 1 aromatic rings. The normalized spacial score (nSPS) is 17.7. The number of likely N-dealkylation sites (tertiary alicyclic amines) is 1. The fourth-order valence-corrected chi connectivity index (χ4v) is 3.36. The molecule has 0 unspecified atom stereocenters. The van der Waals surface area contributed by atoms with Crippen LogP contribution in [0.25, 0.3) is 0 Å². The fourth-order valence-electron chi connectivity index (χ4n) is 3.09. The number of ether oxygens (including phenoxy) is 1. The van der Waals surface area contributed by atoms with Gasteiger partial charge in [0.05, 0.1) is 0 Å². The van der Waals surface area contributed by atoms with Crippen LogP contribution in [0.1, 0.15) is 52.5 Å². The van der Waals surface area contributed by atoms with Gasteiger partial charge in [-0.1, -0.05) is 28.1 Å². The summed E-state index contributed by atoms with van der Waals surface area (Å²) in [5.74, 6) is 0.000905. The van der Waals surface area contributed by atoms with Gasteiger partial charge < -0.3 is 9.64 Å². The van der Waals surface area contributed by atoms with E-state index in [1.807, 2.05) is 56.9 Å². The molecule has 1 saturated heterocycles. The van der Waals surface area contributed by atoms with Crippen molar-refractivity contribution in [2.75, 3.05) is 13.1 Å². The molecule has 0 radical (unpaired) electrons. The number of carbonyl (C=O) groups is 2. The molecule has 1 aromatic carbocycles. The Labute approximate surface area is 164 Å². The van der Waals surface area contributed by atoms with Crippen LogP contribution in [0.15, 0.2) is 28.7 Å². The van der Waals surface area contributed by atoms with Crippen molar-refractivity contribution in [2.24, 2.45) is 0 Å². The molecule has 5 nitrogen and oxygen atoms in total. The quantitative estimate of drug-likeness (QED) is 0.709.